The van der Waals surface area contributed by atoms with Gasteiger partial charge in [0.2, 0.25) is 0 Å². The summed E-state index contributed by atoms with van der Waals surface area (Å²) in [7, 11) is 0. The number of hydrogen-bond acceptors (Lipinski definition) is 2. The Bertz CT molecular complexity index is 227. The average molecular weight is 209 g/mol. The first-order valence-electron chi connectivity index (χ1n) is 6.32. The molecule has 4 atom stereocenters. The topological polar surface area (TPSA) is 32.3 Å². The van der Waals surface area contributed by atoms with Gasteiger partial charge >= 0.3 is 0 Å². The molecule has 0 aromatic rings. The molecule has 15 heavy (non-hydrogen) atoms. The Kier molecular flexibility index (Phi) is 3.81. The molecule has 2 rings (SSSR count). The normalized spacial score (nSPS) is 34.9. The lowest BCUT2D eigenvalue weighted by Gasteiger charge is -2.21. The second kappa shape index (κ2) is 5.13. The van der Waals surface area contributed by atoms with Gasteiger partial charge in [-0.25, -0.2) is 0 Å². The van der Waals surface area contributed by atoms with Crippen LogP contribution in [0.4, 0.5) is 0 Å². The van der Waals surface area contributed by atoms with Crippen LogP contribution in [0.25, 0.3) is 0 Å². The van der Waals surface area contributed by atoms with Crippen molar-refractivity contribution in [1.82, 2.24) is 5.32 Å². The van der Waals surface area contributed by atoms with Crippen molar-refractivity contribution in [1.29, 1.82) is 0 Å². The number of fused-ring (bicyclic) bond motifs is 2. The predicted molar refractivity (Wildman–Crippen MR) is 62.6 cm³/mol. The molecule has 0 aromatic carbocycles. The van der Waals surface area contributed by atoms with E-state index in [1.165, 1.54) is 12.8 Å². The van der Waals surface area contributed by atoms with Crippen LogP contribution >= 0.6 is 0 Å². The lowest BCUT2D eigenvalue weighted by atomic mass is 9.93. The summed E-state index contributed by atoms with van der Waals surface area (Å²) in [6, 6.07) is 0.556. The molecule has 2 aliphatic carbocycles. The lowest BCUT2D eigenvalue weighted by Crippen LogP contribution is -2.32. The smallest absolute Gasteiger partial charge is 0.0431 e. The Labute approximate surface area is 92.8 Å². The third-order valence-electron chi connectivity index (χ3n) is 3.94. The van der Waals surface area contributed by atoms with E-state index < -0.39 is 0 Å². The molecular weight excluding hydrogens is 186 g/mol. The third kappa shape index (κ3) is 2.82. The minimum atomic E-state index is 0.322. The zero-order valence-corrected chi connectivity index (χ0v) is 9.65. The highest BCUT2D eigenvalue weighted by atomic mass is 16.2. The van der Waals surface area contributed by atoms with Gasteiger partial charge in [-0.1, -0.05) is 12.2 Å². The average Bonchev–Trinajstić information content (AvgIpc) is 2.84. The molecular formula is C13H23NO. The Morgan fingerprint density at radius 3 is 2.87 bits per heavy atom. The van der Waals surface area contributed by atoms with Crippen LogP contribution in [0.3, 0.4) is 0 Å². The van der Waals surface area contributed by atoms with Gasteiger partial charge in [0, 0.05) is 12.6 Å². The molecule has 0 heterocycles. The number of aliphatic hydroxyl groups is 1. The van der Waals surface area contributed by atoms with Gasteiger partial charge in [-0.15, -0.1) is 0 Å². The monoisotopic (exact) mass is 209 g/mol. The van der Waals surface area contributed by atoms with E-state index in [1.807, 2.05) is 0 Å². The Morgan fingerprint density at radius 1 is 1.40 bits per heavy atom. The molecule has 0 radical (unpaired) electrons. The maximum Gasteiger partial charge on any atom is 0.0431 e. The van der Waals surface area contributed by atoms with Crippen molar-refractivity contribution < 1.29 is 5.11 Å². The molecule has 1 fully saturated rings. The first kappa shape index (κ1) is 11.2. The molecule has 1 saturated carbocycles. The van der Waals surface area contributed by atoms with E-state index in [1.54, 1.807) is 0 Å². The van der Waals surface area contributed by atoms with Crippen LogP contribution in [0.15, 0.2) is 12.2 Å². The predicted octanol–water partition coefficient (Wildman–Crippen LogP) is 1.95. The molecule has 86 valence electrons. The third-order valence-corrected chi connectivity index (χ3v) is 3.94. The minimum absolute atomic E-state index is 0.322. The van der Waals surface area contributed by atoms with Crippen molar-refractivity contribution >= 4 is 0 Å². The van der Waals surface area contributed by atoms with Crippen molar-refractivity contribution in [2.75, 3.05) is 13.2 Å². The van der Waals surface area contributed by atoms with Crippen molar-refractivity contribution in [3.05, 3.63) is 12.2 Å². The van der Waals surface area contributed by atoms with E-state index >= 15 is 0 Å². The van der Waals surface area contributed by atoms with Crippen LogP contribution < -0.4 is 5.32 Å². The maximum atomic E-state index is 8.74. The fourth-order valence-corrected chi connectivity index (χ4v) is 2.98. The highest BCUT2D eigenvalue weighted by Crippen LogP contribution is 2.42. The Balaban J connectivity index is 1.64. The van der Waals surface area contributed by atoms with Gasteiger partial charge < -0.3 is 10.4 Å². The Hall–Kier alpha value is -0.340. The number of nitrogens with one attached hydrogen (secondary N) is 1. The van der Waals surface area contributed by atoms with Gasteiger partial charge in [-0.05, 0) is 56.9 Å². The molecule has 2 bridgehead atoms. The van der Waals surface area contributed by atoms with Gasteiger partial charge in [-0.2, -0.15) is 0 Å². The van der Waals surface area contributed by atoms with E-state index in [0.717, 1.165) is 37.1 Å². The molecule has 0 aliphatic heterocycles. The lowest BCUT2D eigenvalue weighted by molar-refractivity contribution is 0.274. The quantitative estimate of drug-likeness (QED) is 0.655. The Morgan fingerprint density at radius 2 is 2.27 bits per heavy atom. The number of allylic oxidation sites excluding steroid dienone is 2. The van der Waals surface area contributed by atoms with Crippen LogP contribution in [0.1, 0.15) is 32.6 Å². The summed E-state index contributed by atoms with van der Waals surface area (Å²) in [6.45, 7) is 3.71. The molecule has 0 spiro atoms. The van der Waals surface area contributed by atoms with E-state index in [2.05, 4.69) is 24.4 Å². The number of rotatable bonds is 6. The molecule has 0 amide bonds. The highest BCUT2D eigenvalue weighted by molar-refractivity contribution is 5.10. The van der Waals surface area contributed by atoms with Gasteiger partial charge in [0.1, 0.15) is 0 Å². The zero-order chi connectivity index (χ0) is 10.7. The summed E-state index contributed by atoms with van der Waals surface area (Å²) >= 11 is 0. The number of hydrogen-bond donors (Lipinski definition) is 2. The van der Waals surface area contributed by atoms with Crippen molar-refractivity contribution in [3.8, 4) is 0 Å². The summed E-state index contributed by atoms with van der Waals surface area (Å²) in [5.74, 6) is 2.61. The first-order chi connectivity index (χ1) is 7.29. The standard InChI is InChI=1S/C13H23NO/c1-10(3-2-6-15)14-9-13-8-11-4-5-12(13)7-11/h4-5,10-15H,2-3,6-9H2,1H3/t10-,11+,12+,13+/m1/s1. The van der Waals surface area contributed by atoms with E-state index in [4.69, 9.17) is 5.11 Å². The van der Waals surface area contributed by atoms with E-state index in [9.17, 15) is 0 Å². The molecule has 0 aromatic heterocycles. The van der Waals surface area contributed by atoms with Gasteiger partial charge in [-0.3, -0.25) is 0 Å². The summed E-state index contributed by atoms with van der Waals surface area (Å²) < 4.78 is 0. The van der Waals surface area contributed by atoms with Gasteiger partial charge in [0.15, 0.2) is 0 Å². The van der Waals surface area contributed by atoms with Gasteiger partial charge in [0.05, 0.1) is 0 Å². The van der Waals surface area contributed by atoms with Crippen LogP contribution in [0.5, 0.6) is 0 Å². The first-order valence-corrected chi connectivity index (χ1v) is 6.32. The molecule has 2 nitrogen and oxygen atoms in total. The van der Waals surface area contributed by atoms with Crippen LogP contribution in [-0.4, -0.2) is 24.3 Å². The van der Waals surface area contributed by atoms with Crippen molar-refractivity contribution in [3.63, 3.8) is 0 Å². The van der Waals surface area contributed by atoms with E-state index in [0.29, 0.717) is 12.6 Å². The molecule has 2 N–H and O–H groups in total. The van der Waals surface area contributed by atoms with Crippen molar-refractivity contribution in [2.45, 2.75) is 38.6 Å². The second-order valence-electron chi connectivity index (χ2n) is 5.22. The fourth-order valence-electron chi connectivity index (χ4n) is 2.98. The SMILES string of the molecule is C[C@H](CCCO)NC[C@@H]1C[C@H]2C=C[C@H]1C2. The summed E-state index contributed by atoms with van der Waals surface area (Å²) in [5, 5.41) is 12.3. The molecule has 2 aliphatic rings. The largest absolute Gasteiger partial charge is 0.396 e. The highest BCUT2D eigenvalue weighted by Gasteiger charge is 2.35. The van der Waals surface area contributed by atoms with Crippen LogP contribution in [-0.2, 0) is 0 Å². The second-order valence-corrected chi connectivity index (χ2v) is 5.22. The summed E-state index contributed by atoms with van der Waals surface area (Å²) in [6.07, 6.45) is 9.62. The summed E-state index contributed by atoms with van der Waals surface area (Å²) in [4.78, 5) is 0. The molecule has 0 unspecified atom stereocenters. The molecule has 0 saturated heterocycles. The maximum absolute atomic E-state index is 8.74. The summed E-state index contributed by atoms with van der Waals surface area (Å²) in [5.41, 5.74) is 0. The van der Waals surface area contributed by atoms with Crippen LogP contribution in [0.2, 0.25) is 0 Å². The minimum Gasteiger partial charge on any atom is -0.396 e. The van der Waals surface area contributed by atoms with Crippen LogP contribution in [0, 0.1) is 17.8 Å². The zero-order valence-electron chi connectivity index (χ0n) is 9.65. The van der Waals surface area contributed by atoms with E-state index in [-0.39, 0.29) is 0 Å². The van der Waals surface area contributed by atoms with Crippen molar-refractivity contribution in [2.24, 2.45) is 17.8 Å². The molecule has 2 heteroatoms. The van der Waals surface area contributed by atoms with Gasteiger partial charge in [0.25, 0.3) is 0 Å². The fraction of sp³-hybridized carbons (Fsp3) is 0.846. The number of aliphatic hydroxyl groups excluding tert-OH is 1.